The van der Waals surface area contributed by atoms with Crippen LogP contribution >= 0.6 is 0 Å². The Hall–Kier alpha value is -2.37. The van der Waals surface area contributed by atoms with Crippen molar-refractivity contribution < 1.29 is 4.79 Å². The number of pyridine rings is 1. The van der Waals surface area contributed by atoms with Crippen LogP contribution in [0.1, 0.15) is 13.3 Å². The number of hydrogen-bond donors (Lipinski definition) is 2. The van der Waals surface area contributed by atoms with Gasteiger partial charge in [-0.2, -0.15) is 0 Å². The van der Waals surface area contributed by atoms with E-state index in [2.05, 4.69) is 27.1 Å². The monoisotopic (exact) mass is 285 g/mol. The number of anilines is 1. The minimum Gasteiger partial charge on any atom is -0.400 e. The van der Waals surface area contributed by atoms with E-state index >= 15 is 0 Å². The molecule has 3 heterocycles. The number of carbonyl (C=O) groups excluding carboxylic acids is 1. The zero-order chi connectivity index (χ0) is 14.8. The zero-order valence-electron chi connectivity index (χ0n) is 12.0. The Kier molecular flexibility index (Phi) is 3.60. The molecule has 6 nitrogen and oxygen atoms in total. The smallest absolute Gasteiger partial charge is 0.254 e. The molecule has 0 aromatic carbocycles. The third-order valence-corrected chi connectivity index (χ3v) is 3.85. The van der Waals surface area contributed by atoms with Crippen LogP contribution in [0.2, 0.25) is 0 Å². The van der Waals surface area contributed by atoms with Crippen LogP contribution in [0.25, 0.3) is 0 Å². The molecule has 1 amide bonds. The summed E-state index contributed by atoms with van der Waals surface area (Å²) >= 11 is 0. The fourth-order valence-electron chi connectivity index (χ4n) is 2.58. The normalized spacial score (nSPS) is 22.4. The highest BCUT2D eigenvalue weighted by molar-refractivity contribution is 6.15. The van der Waals surface area contributed by atoms with Gasteiger partial charge in [0, 0.05) is 25.0 Å². The van der Waals surface area contributed by atoms with Crippen molar-refractivity contribution in [1.82, 2.24) is 10.3 Å². The topological polar surface area (TPSA) is 83.6 Å². The van der Waals surface area contributed by atoms with E-state index in [9.17, 15) is 4.79 Å². The van der Waals surface area contributed by atoms with Gasteiger partial charge in [-0.15, -0.1) is 0 Å². The predicted octanol–water partition coefficient (Wildman–Crippen LogP) is 0.973. The average Bonchev–Trinajstić information content (AvgIpc) is 3.05. The van der Waals surface area contributed by atoms with Gasteiger partial charge in [0.25, 0.3) is 5.91 Å². The van der Waals surface area contributed by atoms with Gasteiger partial charge in [-0.25, -0.2) is 4.98 Å². The lowest BCUT2D eigenvalue weighted by Gasteiger charge is -2.16. The van der Waals surface area contributed by atoms with E-state index < -0.39 is 0 Å². The highest BCUT2D eigenvalue weighted by Gasteiger charge is 2.20. The second-order valence-electron chi connectivity index (χ2n) is 5.59. The summed E-state index contributed by atoms with van der Waals surface area (Å²) in [5.74, 6) is 1.53. The van der Waals surface area contributed by atoms with Gasteiger partial charge in [-0.3, -0.25) is 9.79 Å². The summed E-state index contributed by atoms with van der Waals surface area (Å²) in [7, 11) is 0. The number of rotatable bonds is 3. The van der Waals surface area contributed by atoms with Crippen LogP contribution in [0.15, 0.2) is 34.6 Å². The first-order chi connectivity index (χ1) is 10.1. The molecule has 1 fully saturated rings. The van der Waals surface area contributed by atoms with Crippen molar-refractivity contribution in [2.45, 2.75) is 13.3 Å². The van der Waals surface area contributed by atoms with Crippen LogP contribution in [-0.4, -0.2) is 36.7 Å². The zero-order valence-corrected chi connectivity index (χ0v) is 12.0. The Balaban J connectivity index is 1.70. The molecule has 1 saturated heterocycles. The van der Waals surface area contributed by atoms with Crippen LogP contribution < -0.4 is 16.0 Å². The van der Waals surface area contributed by atoms with Crippen molar-refractivity contribution in [1.29, 1.82) is 0 Å². The third kappa shape index (κ3) is 2.89. The van der Waals surface area contributed by atoms with Crippen molar-refractivity contribution in [3.8, 4) is 0 Å². The lowest BCUT2D eigenvalue weighted by Crippen LogP contribution is -2.19. The average molecular weight is 285 g/mol. The first-order valence-corrected chi connectivity index (χ1v) is 7.15. The summed E-state index contributed by atoms with van der Waals surface area (Å²) in [6.45, 7) is 4.76. The Morgan fingerprint density at radius 2 is 2.38 bits per heavy atom. The molecule has 0 spiro atoms. The standard InChI is InChI=1S/C15H19N5O/c1-10-4-5-20(9-10)14-3-2-11(6-18-14)17-7-12-13(16)8-19-15(12)21/h2-3,6-7,10H,4-5,8-9,16H2,1H3,(H,19,21). The third-order valence-electron chi connectivity index (χ3n) is 3.85. The van der Waals surface area contributed by atoms with E-state index in [-0.39, 0.29) is 5.91 Å². The van der Waals surface area contributed by atoms with Gasteiger partial charge in [0.05, 0.1) is 24.0 Å². The number of aliphatic imine (C=N–C) groups is 1. The Morgan fingerprint density at radius 3 is 2.95 bits per heavy atom. The van der Waals surface area contributed by atoms with E-state index in [0.717, 1.165) is 24.8 Å². The largest absolute Gasteiger partial charge is 0.400 e. The summed E-state index contributed by atoms with van der Waals surface area (Å²) in [6, 6.07) is 3.88. The van der Waals surface area contributed by atoms with E-state index in [4.69, 9.17) is 5.73 Å². The summed E-state index contributed by atoms with van der Waals surface area (Å²) in [6.07, 6.45) is 4.44. The molecule has 1 unspecified atom stereocenters. The van der Waals surface area contributed by atoms with Crippen molar-refractivity contribution in [2.75, 3.05) is 24.5 Å². The molecule has 2 aliphatic rings. The quantitative estimate of drug-likeness (QED) is 0.811. The van der Waals surface area contributed by atoms with Gasteiger partial charge in [-0.1, -0.05) is 6.92 Å². The van der Waals surface area contributed by atoms with E-state index in [0.29, 0.717) is 23.5 Å². The van der Waals surface area contributed by atoms with Gasteiger partial charge >= 0.3 is 0 Å². The minimum absolute atomic E-state index is 0.174. The molecule has 2 aliphatic heterocycles. The molecule has 1 aromatic rings. The first-order valence-electron chi connectivity index (χ1n) is 7.15. The molecule has 3 rings (SSSR count). The summed E-state index contributed by atoms with van der Waals surface area (Å²) in [5.41, 5.74) is 7.41. The molecule has 6 heteroatoms. The number of hydrogen-bond acceptors (Lipinski definition) is 5. The summed E-state index contributed by atoms with van der Waals surface area (Å²) < 4.78 is 0. The van der Waals surface area contributed by atoms with Crippen molar-refractivity contribution in [3.63, 3.8) is 0 Å². The van der Waals surface area contributed by atoms with Crippen LogP contribution in [-0.2, 0) is 4.79 Å². The number of amides is 1. The van der Waals surface area contributed by atoms with Gasteiger partial charge < -0.3 is 16.0 Å². The number of nitrogens with zero attached hydrogens (tertiary/aromatic N) is 3. The highest BCUT2D eigenvalue weighted by atomic mass is 16.1. The molecular weight excluding hydrogens is 266 g/mol. The maximum atomic E-state index is 11.5. The maximum absolute atomic E-state index is 11.5. The molecule has 0 radical (unpaired) electrons. The van der Waals surface area contributed by atoms with E-state index in [1.165, 1.54) is 12.6 Å². The molecule has 21 heavy (non-hydrogen) atoms. The lowest BCUT2D eigenvalue weighted by atomic mass is 10.2. The van der Waals surface area contributed by atoms with E-state index in [1.807, 2.05) is 12.1 Å². The molecule has 3 N–H and O–H groups in total. The van der Waals surface area contributed by atoms with Crippen LogP contribution in [0.3, 0.4) is 0 Å². The molecule has 0 aliphatic carbocycles. The fourth-order valence-corrected chi connectivity index (χ4v) is 2.58. The lowest BCUT2D eigenvalue weighted by molar-refractivity contribution is -0.116. The molecule has 0 saturated carbocycles. The number of nitrogens with one attached hydrogen (secondary N) is 1. The molecule has 0 bridgehead atoms. The predicted molar refractivity (Wildman–Crippen MR) is 82.6 cm³/mol. The van der Waals surface area contributed by atoms with Crippen molar-refractivity contribution >= 4 is 23.6 Å². The number of nitrogens with two attached hydrogens (primary N) is 1. The van der Waals surface area contributed by atoms with Crippen LogP contribution in [0.5, 0.6) is 0 Å². The number of carbonyl (C=O) groups is 1. The first kappa shape index (κ1) is 13.6. The van der Waals surface area contributed by atoms with Gasteiger partial charge in [0.15, 0.2) is 0 Å². The van der Waals surface area contributed by atoms with Crippen molar-refractivity contribution in [3.05, 3.63) is 29.6 Å². The SMILES string of the molecule is CC1CCN(c2ccc(N=CC3=C(N)CNC3=O)cn2)C1. The van der Waals surface area contributed by atoms with Gasteiger partial charge in [0.2, 0.25) is 0 Å². The second-order valence-corrected chi connectivity index (χ2v) is 5.59. The minimum atomic E-state index is -0.174. The Bertz CT molecular complexity index is 605. The molecule has 1 atom stereocenters. The van der Waals surface area contributed by atoms with Gasteiger partial charge in [0.1, 0.15) is 5.82 Å². The number of aromatic nitrogens is 1. The van der Waals surface area contributed by atoms with Crippen molar-refractivity contribution in [2.24, 2.45) is 16.6 Å². The van der Waals surface area contributed by atoms with Crippen LogP contribution in [0.4, 0.5) is 11.5 Å². The molecule has 1 aromatic heterocycles. The van der Waals surface area contributed by atoms with E-state index in [1.54, 1.807) is 6.20 Å². The summed E-state index contributed by atoms with van der Waals surface area (Å²) in [5, 5.41) is 2.65. The fraction of sp³-hybridized carbons (Fsp3) is 0.400. The Labute approximate surface area is 123 Å². The molecule has 110 valence electrons. The van der Waals surface area contributed by atoms with Gasteiger partial charge in [-0.05, 0) is 24.5 Å². The highest BCUT2D eigenvalue weighted by Crippen LogP contribution is 2.23. The summed E-state index contributed by atoms with van der Waals surface area (Å²) in [4.78, 5) is 22.5. The maximum Gasteiger partial charge on any atom is 0.254 e. The Morgan fingerprint density at radius 1 is 1.52 bits per heavy atom. The molecular formula is C15H19N5O. The second kappa shape index (κ2) is 5.55. The van der Waals surface area contributed by atoms with Crippen LogP contribution in [0, 0.1) is 5.92 Å².